The van der Waals surface area contributed by atoms with Crippen molar-refractivity contribution in [1.29, 1.82) is 0 Å². The van der Waals surface area contributed by atoms with Gasteiger partial charge in [0.15, 0.2) is 0 Å². The van der Waals surface area contributed by atoms with Gasteiger partial charge in [-0.3, -0.25) is 0 Å². The summed E-state index contributed by atoms with van der Waals surface area (Å²) in [7, 11) is -1.73. The van der Waals surface area contributed by atoms with Crippen molar-refractivity contribution in [3.05, 3.63) is 16.3 Å². The third-order valence-corrected chi connectivity index (χ3v) is 5.67. The normalized spacial score (nSPS) is 12.2. The fourth-order valence-corrected chi connectivity index (χ4v) is 4.09. The first kappa shape index (κ1) is 14.6. The maximum atomic E-state index is 12.2. The van der Waals surface area contributed by atoms with Crippen molar-refractivity contribution < 1.29 is 8.42 Å². The van der Waals surface area contributed by atoms with E-state index in [1.807, 2.05) is 0 Å². The molecule has 1 aromatic rings. The van der Waals surface area contributed by atoms with E-state index in [2.05, 4.69) is 6.92 Å². The van der Waals surface area contributed by atoms with Gasteiger partial charge in [-0.1, -0.05) is 19.8 Å². The monoisotopic (exact) mass is 276 g/mol. The van der Waals surface area contributed by atoms with Crippen LogP contribution in [0.4, 0.5) is 0 Å². The first-order chi connectivity index (χ1) is 8.04. The topological polar surface area (TPSA) is 63.4 Å². The molecule has 0 aliphatic rings. The summed E-state index contributed by atoms with van der Waals surface area (Å²) in [4.78, 5) is 1.09. The number of unbranched alkanes of at least 4 members (excludes halogenated alkanes) is 2. The fraction of sp³-hybridized carbons (Fsp3) is 0.636. The molecule has 2 N–H and O–H groups in total. The molecule has 1 heterocycles. The Kier molecular flexibility index (Phi) is 5.58. The number of nitrogens with two attached hydrogens (primary N) is 1. The molecule has 6 heteroatoms. The van der Waals surface area contributed by atoms with E-state index in [0.717, 1.165) is 24.1 Å². The molecular formula is C11H20N2O2S2. The standard InChI is InChI=1S/C11H20N2O2S2/c1-3-4-5-7-13(2)17(14,15)11-6-8-16-10(11)9-12/h6,8H,3-5,7,9,12H2,1-2H3. The highest BCUT2D eigenvalue weighted by Gasteiger charge is 2.23. The molecule has 0 bridgehead atoms. The van der Waals surface area contributed by atoms with E-state index < -0.39 is 10.0 Å². The Hall–Kier alpha value is -0.430. The van der Waals surface area contributed by atoms with E-state index in [9.17, 15) is 8.42 Å². The van der Waals surface area contributed by atoms with E-state index in [1.165, 1.54) is 15.6 Å². The highest BCUT2D eigenvalue weighted by molar-refractivity contribution is 7.89. The molecule has 0 radical (unpaired) electrons. The molecular weight excluding hydrogens is 256 g/mol. The van der Waals surface area contributed by atoms with Crippen LogP contribution >= 0.6 is 11.3 Å². The van der Waals surface area contributed by atoms with Crippen molar-refractivity contribution in [2.45, 2.75) is 37.6 Å². The predicted octanol–water partition coefficient (Wildman–Crippen LogP) is 2.02. The zero-order chi connectivity index (χ0) is 12.9. The fourth-order valence-electron chi connectivity index (χ4n) is 1.58. The van der Waals surface area contributed by atoms with Gasteiger partial charge in [0, 0.05) is 25.0 Å². The molecule has 0 spiro atoms. The van der Waals surface area contributed by atoms with Crippen LogP contribution in [0.5, 0.6) is 0 Å². The number of nitrogens with zero attached hydrogens (tertiary/aromatic N) is 1. The summed E-state index contributed by atoms with van der Waals surface area (Å²) in [5, 5.41) is 1.77. The Balaban J connectivity index is 2.80. The van der Waals surface area contributed by atoms with Crippen LogP contribution in [0.1, 0.15) is 31.1 Å². The first-order valence-electron chi connectivity index (χ1n) is 5.76. The Bertz CT molecular complexity index is 440. The van der Waals surface area contributed by atoms with Crippen molar-refractivity contribution in [2.24, 2.45) is 5.73 Å². The Morgan fingerprint density at radius 1 is 1.41 bits per heavy atom. The molecule has 4 nitrogen and oxygen atoms in total. The maximum absolute atomic E-state index is 12.2. The second-order valence-electron chi connectivity index (χ2n) is 3.95. The predicted molar refractivity (Wildman–Crippen MR) is 71.6 cm³/mol. The van der Waals surface area contributed by atoms with Gasteiger partial charge in [-0.05, 0) is 17.9 Å². The van der Waals surface area contributed by atoms with Gasteiger partial charge in [0.2, 0.25) is 10.0 Å². The van der Waals surface area contributed by atoms with Gasteiger partial charge in [0.1, 0.15) is 0 Å². The van der Waals surface area contributed by atoms with Crippen LogP contribution in [0.3, 0.4) is 0 Å². The van der Waals surface area contributed by atoms with Crippen molar-refractivity contribution in [1.82, 2.24) is 4.31 Å². The van der Waals surface area contributed by atoms with Gasteiger partial charge < -0.3 is 5.73 Å². The Labute approximate surface area is 107 Å². The van der Waals surface area contributed by atoms with Crippen LogP contribution in [0.2, 0.25) is 0 Å². The smallest absolute Gasteiger partial charge is 0.243 e. The van der Waals surface area contributed by atoms with Crippen LogP contribution in [-0.4, -0.2) is 26.3 Å². The highest BCUT2D eigenvalue weighted by atomic mass is 32.2. The first-order valence-corrected chi connectivity index (χ1v) is 8.08. The molecule has 0 amide bonds. The SMILES string of the molecule is CCCCCN(C)S(=O)(=O)c1ccsc1CN. The molecule has 1 rings (SSSR count). The minimum atomic E-state index is -3.36. The minimum Gasteiger partial charge on any atom is -0.326 e. The van der Waals surface area contributed by atoms with Crippen LogP contribution in [0, 0.1) is 0 Å². The quantitative estimate of drug-likeness (QED) is 0.775. The van der Waals surface area contributed by atoms with E-state index in [1.54, 1.807) is 18.5 Å². The van der Waals surface area contributed by atoms with Gasteiger partial charge in [0.25, 0.3) is 0 Å². The number of rotatable bonds is 7. The lowest BCUT2D eigenvalue weighted by atomic mass is 10.2. The molecule has 0 saturated heterocycles. The maximum Gasteiger partial charge on any atom is 0.243 e. The molecule has 17 heavy (non-hydrogen) atoms. The van der Waals surface area contributed by atoms with Crippen molar-refractivity contribution in [2.75, 3.05) is 13.6 Å². The summed E-state index contributed by atoms with van der Waals surface area (Å²) in [6, 6.07) is 1.64. The molecule has 0 aromatic carbocycles. The van der Waals surface area contributed by atoms with E-state index in [0.29, 0.717) is 11.4 Å². The van der Waals surface area contributed by atoms with E-state index in [4.69, 9.17) is 5.73 Å². The van der Waals surface area contributed by atoms with Gasteiger partial charge in [-0.2, -0.15) is 0 Å². The van der Waals surface area contributed by atoms with Crippen LogP contribution in [0.25, 0.3) is 0 Å². The Morgan fingerprint density at radius 2 is 2.12 bits per heavy atom. The summed E-state index contributed by atoms with van der Waals surface area (Å²) in [5.41, 5.74) is 5.54. The van der Waals surface area contributed by atoms with Crippen molar-refractivity contribution >= 4 is 21.4 Å². The molecule has 0 aliphatic carbocycles. The second-order valence-corrected chi connectivity index (χ2v) is 6.96. The van der Waals surface area contributed by atoms with E-state index in [-0.39, 0.29) is 6.54 Å². The lowest BCUT2D eigenvalue weighted by Crippen LogP contribution is -2.28. The zero-order valence-corrected chi connectivity index (χ0v) is 12.0. The summed E-state index contributed by atoms with van der Waals surface area (Å²) in [6.45, 7) is 2.94. The third-order valence-electron chi connectivity index (χ3n) is 2.65. The number of thiophene rings is 1. The minimum absolute atomic E-state index is 0.273. The molecule has 0 atom stereocenters. The van der Waals surface area contributed by atoms with E-state index >= 15 is 0 Å². The third kappa shape index (κ3) is 3.51. The summed E-state index contributed by atoms with van der Waals surface area (Å²) in [6.07, 6.45) is 3.03. The lowest BCUT2D eigenvalue weighted by Gasteiger charge is -2.17. The molecule has 98 valence electrons. The molecule has 0 saturated carbocycles. The highest BCUT2D eigenvalue weighted by Crippen LogP contribution is 2.24. The van der Waals surface area contributed by atoms with Crippen LogP contribution in [0.15, 0.2) is 16.3 Å². The second kappa shape index (κ2) is 6.49. The van der Waals surface area contributed by atoms with Gasteiger partial charge >= 0.3 is 0 Å². The van der Waals surface area contributed by atoms with Crippen LogP contribution < -0.4 is 5.73 Å². The zero-order valence-electron chi connectivity index (χ0n) is 10.3. The average molecular weight is 276 g/mol. The average Bonchev–Trinajstić information content (AvgIpc) is 2.77. The molecule has 0 aliphatic heterocycles. The van der Waals surface area contributed by atoms with Crippen molar-refractivity contribution in [3.63, 3.8) is 0 Å². The number of sulfonamides is 1. The molecule has 0 unspecified atom stereocenters. The largest absolute Gasteiger partial charge is 0.326 e. The van der Waals surface area contributed by atoms with Crippen molar-refractivity contribution in [3.8, 4) is 0 Å². The molecule has 0 fully saturated rings. The van der Waals surface area contributed by atoms with Gasteiger partial charge in [-0.15, -0.1) is 11.3 Å². The molecule has 1 aromatic heterocycles. The van der Waals surface area contributed by atoms with Crippen LogP contribution in [-0.2, 0) is 16.6 Å². The summed E-state index contributed by atoms with van der Waals surface area (Å²) in [5.74, 6) is 0. The lowest BCUT2D eigenvalue weighted by molar-refractivity contribution is 0.454. The summed E-state index contributed by atoms with van der Waals surface area (Å²) < 4.78 is 25.9. The Morgan fingerprint density at radius 3 is 2.71 bits per heavy atom. The number of hydrogen-bond acceptors (Lipinski definition) is 4. The summed E-state index contributed by atoms with van der Waals surface area (Å²) >= 11 is 1.39. The van der Waals surface area contributed by atoms with Gasteiger partial charge in [0.05, 0.1) is 4.90 Å². The number of hydrogen-bond donors (Lipinski definition) is 1. The van der Waals surface area contributed by atoms with Gasteiger partial charge in [-0.25, -0.2) is 12.7 Å².